The van der Waals surface area contributed by atoms with Crippen molar-refractivity contribution in [2.75, 3.05) is 19.8 Å². The predicted octanol–water partition coefficient (Wildman–Crippen LogP) is 1.06. The summed E-state index contributed by atoms with van der Waals surface area (Å²) in [7, 11) is 0. The van der Waals surface area contributed by atoms with Crippen molar-refractivity contribution in [1.82, 2.24) is 10.6 Å². The van der Waals surface area contributed by atoms with Gasteiger partial charge in [-0.2, -0.15) is 0 Å². The third-order valence-corrected chi connectivity index (χ3v) is 4.66. The van der Waals surface area contributed by atoms with E-state index in [4.69, 9.17) is 4.74 Å². The minimum atomic E-state index is -0.133. The van der Waals surface area contributed by atoms with Crippen molar-refractivity contribution in [3.8, 4) is 0 Å². The van der Waals surface area contributed by atoms with Crippen LogP contribution in [0, 0.1) is 11.8 Å². The fourth-order valence-corrected chi connectivity index (χ4v) is 3.48. The molecule has 2 N–H and O–H groups in total. The molecule has 2 aliphatic carbocycles. The first-order valence-corrected chi connectivity index (χ1v) is 7.46. The lowest BCUT2D eigenvalue weighted by atomic mass is 9.85. The van der Waals surface area contributed by atoms with Crippen molar-refractivity contribution in [1.29, 1.82) is 0 Å². The molecule has 0 radical (unpaired) electrons. The van der Waals surface area contributed by atoms with Gasteiger partial charge in [-0.1, -0.05) is 32.1 Å². The summed E-state index contributed by atoms with van der Waals surface area (Å²) in [6, 6.07) is 0.315. The zero-order valence-corrected chi connectivity index (χ0v) is 11.0. The smallest absolute Gasteiger partial charge is 0.239 e. The minimum absolute atomic E-state index is 0.133. The molecule has 0 bridgehead atoms. The lowest BCUT2D eigenvalue weighted by Crippen LogP contribution is -2.51. The Balaban J connectivity index is 1.42. The van der Waals surface area contributed by atoms with Crippen LogP contribution >= 0.6 is 0 Å². The highest BCUT2D eigenvalue weighted by molar-refractivity contribution is 5.82. The molecule has 102 valence electrons. The Kier molecular flexibility index (Phi) is 3.85. The summed E-state index contributed by atoms with van der Waals surface area (Å²) in [4.78, 5) is 12.0. The van der Waals surface area contributed by atoms with Crippen LogP contribution < -0.4 is 10.6 Å². The van der Waals surface area contributed by atoms with E-state index >= 15 is 0 Å². The van der Waals surface area contributed by atoms with Crippen LogP contribution in [0.25, 0.3) is 0 Å². The number of amides is 1. The van der Waals surface area contributed by atoms with E-state index in [0.29, 0.717) is 12.6 Å². The minimum Gasteiger partial charge on any atom is -0.378 e. The molecule has 1 aliphatic heterocycles. The van der Waals surface area contributed by atoms with Crippen molar-refractivity contribution >= 4 is 5.91 Å². The highest BCUT2D eigenvalue weighted by Gasteiger charge is 2.44. The predicted molar refractivity (Wildman–Crippen MR) is 69.2 cm³/mol. The van der Waals surface area contributed by atoms with Crippen molar-refractivity contribution in [3.05, 3.63) is 0 Å². The third kappa shape index (κ3) is 2.86. The lowest BCUT2D eigenvalue weighted by molar-refractivity contribution is -0.126. The monoisotopic (exact) mass is 252 g/mol. The van der Waals surface area contributed by atoms with Gasteiger partial charge in [-0.3, -0.25) is 4.79 Å². The topological polar surface area (TPSA) is 50.4 Å². The molecule has 0 aromatic heterocycles. The maximum absolute atomic E-state index is 12.0. The number of morpholine rings is 1. The molecule has 4 nitrogen and oxygen atoms in total. The quantitative estimate of drug-likeness (QED) is 0.789. The van der Waals surface area contributed by atoms with Crippen LogP contribution in [0.4, 0.5) is 0 Å². The molecule has 2 saturated carbocycles. The van der Waals surface area contributed by atoms with Crippen molar-refractivity contribution in [2.45, 2.75) is 50.6 Å². The number of rotatable bonds is 3. The van der Waals surface area contributed by atoms with Crippen molar-refractivity contribution < 1.29 is 9.53 Å². The van der Waals surface area contributed by atoms with Crippen molar-refractivity contribution in [2.24, 2.45) is 11.8 Å². The Bertz CT molecular complexity index is 296. The normalized spacial score (nSPS) is 37.2. The maximum Gasteiger partial charge on any atom is 0.239 e. The summed E-state index contributed by atoms with van der Waals surface area (Å²) in [5.74, 6) is 1.77. The molecule has 0 aromatic carbocycles. The summed E-state index contributed by atoms with van der Waals surface area (Å²) in [6.45, 7) is 2.03. The fraction of sp³-hybridized carbons (Fsp3) is 0.929. The van der Waals surface area contributed by atoms with Gasteiger partial charge in [0.15, 0.2) is 0 Å². The number of ether oxygens (including phenoxy) is 1. The Morgan fingerprint density at radius 2 is 2.06 bits per heavy atom. The van der Waals surface area contributed by atoms with Crippen LogP contribution in [0.3, 0.4) is 0 Å². The Hall–Kier alpha value is -0.610. The van der Waals surface area contributed by atoms with Crippen LogP contribution in [0.1, 0.15) is 38.5 Å². The Labute approximate surface area is 109 Å². The van der Waals surface area contributed by atoms with Crippen LogP contribution in [-0.2, 0) is 9.53 Å². The summed E-state index contributed by atoms with van der Waals surface area (Å²) in [5.41, 5.74) is 0. The van der Waals surface area contributed by atoms with Gasteiger partial charge in [-0.25, -0.2) is 0 Å². The summed E-state index contributed by atoms with van der Waals surface area (Å²) < 4.78 is 5.33. The highest BCUT2D eigenvalue weighted by Crippen LogP contribution is 2.44. The molecule has 3 aliphatic rings. The molecule has 3 unspecified atom stereocenters. The first-order valence-electron chi connectivity index (χ1n) is 7.46. The zero-order valence-electron chi connectivity index (χ0n) is 11.0. The average Bonchev–Trinajstić information content (AvgIpc) is 3.20. The second kappa shape index (κ2) is 5.57. The molecule has 1 saturated heterocycles. The number of hydrogen-bond donors (Lipinski definition) is 2. The first-order chi connectivity index (χ1) is 8.84. The van der Waals surface area contributed by atoms with Gasteiger partial charge in [-0.15, -0.1) is 0 Å². The highest BCUT2D eigenvalue weighted by atomic mass is 16.5. The van der Waals surface area contributed by atoms with E-state index in [9.17, 15) is 4.79 Å². The molecule has 4 heteroatoms. The molecular formula is C14H24N2O2. The lowest BCUT2D eigenvalue weighted by Gasteiger charge is -2.24. The van der Waals surface area contributed by atoms with E-state index in [2.05, 4.69) is 10.6 Å². The van der Waals surface area contributed by atoms with E-state index in [0.717, 1.165) is 25.0 Å². The van der Waals surface area contributed by atoms with Gasteiger partial charge in [-0.05, 0) is 18.3 Å². The molecule has 0 spiro atoms. The maximum atomic E-state index is 12.0. The van der Waals surface area contributed by atoms with Gasteiger partial charge in [0.1, 0.15) is 6.04 Å². The number of nitrogens with one attached hydrogen (secondary N) is 2. The fourth-order valence-electron chi connectivity index (χ4n) is 3.48. The van der Waals surface area contributed by atoms with Gasteiger partial charge in [0.2, 0.25) is 5.91 Å². The van der Waals surface area contributed by atoms with Crippen LogP contribution in [0.15, 0.2) is 0 Å². The van der Waals surface area contributed by atoms with Gasteiger partial charge in [0.05, 0.1) is 13.2 Å². The summed E-state index contributed by atoms with van der Waals surface area (Å²) in [5, 5.41) is 6.40. The SMILES string of the molecule is O=C(NC1CC1C1CCCCC1)C1COCCN1. The standard InChI is InChI=1S/C14H24N2O2/c17-14(13-9-18-7-6-15-13)16-12-8-11(12)10-4-2-1-3-5-10/h10-13,15H,1-9H2,(H,16,17). The van der Waals surface area contributed by atoms with E-state index in [1.807, 2.05) is 0 Å². The molecule has 1 heterocycles. The molecule has 3 fully saturated rings. The average molecular weight is 252 g/mol. The van der Waals surface area contributed by atoms with Gasteiger partial charge in [0, 0.05) is 12.6 Å². The van der Waals surface area contributed by atoms with E-state index < -0.39 is 0 Å². The Morgan fingerprint density at radius 1 is 1.22 bits per heavy atom. The van der Waals surface area contributed by atoms with Crippen LogP contribution in [0.5, 0.6) is 0 Å². The van der Waals surface area contributed by atoms with E-state index in [1.54, 1.807) is 0 Å². The third-order valence-electron chi connectivity index (χ3n) is 4.66. The van der Waals surface area contributed by atoms with Crippen LogP contribution in [0.2, 0.25) is 0 Å². The molecule has 1 amide bonds. The molecule has 3 atom stereocenters. The second-order valence-electron chi connectivity index (χ2n) is 5.99. The van der Waals surface area contributed by atoms with Crippen molar-refractivity contribution in [3.63, 3.8) is 0 Å². The van der Waals surface area contributed by atoms with E-state index in [-0.39, 0.29) is 11.9 Å². The van der Waals surface area contributed by atoms with Crippen LogP contribution in [-0.4, -0.2) is 37.7 Å². The first kappa shape index (κ1) is 12.4. The van der Waals surface area contributed by atoms with Gasteiger partial charge in [0.25, 0.3) is 0 Å². The zero-order chi connectivity index (χ0) is 12.4. The second-order valence-corrected chi connectivity index (χ2v) is 5.99. The van der Waals surface area contributed by atoms with Gasteiger partial charge >= 0.3 is 0 Å². The molecular weight excluding hydrogens is 228 g/mol. The molecule has 3 rings (SSSR count). The largest absolute Gasteiger partial charge is 0.378 e. The Morgan fingerprint density at radius 3 is 2.78 bits per heavy atom. The number of carbonyl (C=O) groups is 1. The summed E-state index contributed by atoms with van der Waals surface area (Å²) >= 11 is 0. The molecule has 18 heavy (non-hydrogen) atoms. The number of hydrogen-bond acceptors (Lipinski definition) is 3. The number of carbonyl (C=O) groups excluding carboxylic acids is 1. The van der Waals surface area contributed by atoms with Gasteiger partial charge < -0.3 is 15.4 Å². The van der Waals surface area contributed by atoms with E-state index in [1.165, 1.54) is 38.5 Å². The summed E-state index contributed by atoms with van der Waals surface area (Å²) in [6.07, 6.45) is 8.14. The molecule has 0 aromatic rings.